The fourth-order valence-corrected chi connectivity index (χ4v) is 3.31. The molecule has 5 nitrogen and oxygen atoms in total. The van der Waals surface area contributed by atoms with Crippen LogP contribution in [0.1, 0.15) is 21.5 Å². The second kappa shape index (κ2) is 9.87. The highest BCUT2D eigenvalue weighted by molar-refractivity contribution is 6.28. The molecule has 0 aromatic heterocycles. The van der Waals surface area contributed by atoms with Crippen molar-refractivity contribution in [2.24, 2.45) is 0 Å². The Bertz CT molecular complexity index is 1210. The van der Waals surface area contributed by atoms with Crippen molar-refractivity contribution >= 4 is 29.4 Å². The van der Waals surface area contributed by atoms with Gasteiger partial charge >= 0.3 is 0 Å². The van der Waals surface area contributed by atoms with E-state index in [4.69, 9.17) is 4.74 Å². The number of ketones is 1. The van der Waals surface area contributed by atoms with Gasteiger partial charge in [-0.05, 0) is 65.7 Å². The predicted molar refractivity (Wildman–Crippen MR) is 123 cm³/mol. The molecule has 4 rings (SSSR count). The largest absolute Gasteiger partial charge is 0.493 e. The normalized spacial score (nSPS) is 13.2. The van der Waals surface area contributed by atoms with Crippen molar-refractivity contribution in [2.75, 3.05) is 11.5 Å². The van der Waals surface area contributed by atoms with Crippen molar-refractivity contribution in [1.82, 2.24) is 0 Å². The van der Waals surface area contributed by atoms with Gasteiger partial charge in [0.05, 0.1) is 12.3 Å². The van der Waals surface area contributed by atoms with Crippen LogP contribution in [0.4, 0.5) is 10.1 Å². The van der Waals surface area contributed by atoms with Crippen LogP contribution in [0.5, 0.6) is 5.75 Å². The number of ether oxygens (including phenoxy) is 1. The first-order valence-electron chi connectivity index (χ1n) is 10.4. The Labute approximate surface area is 190 Å². The van der Waals surface area contributed by atoms with Crippen LogP contribution in [-0.4, -0.2) is 24.2 Å². The summed E-state index contributed by atoms with van der Waals surface area (Å²) in [5, 5.41) is 0. The summed E-state index contributed by atoms with van der Waals surface area (Å²) in [5.74, 6) is -0.553. The van der Waals surface area contributed by atoms with Crippen LogP contribution in [0.15, 0.2) is 91.0 Å². The molecule has 1 aliphatic rings. The molecular formula is C27H20FNO4. The van der Waals surface area contributed by atoms with Crippen molar-refractivity contribution in [3.63, 3.8) is 0 Å². The molecule has 3 aromatic rings. The van der Waals surface area contributed by atoms with Gasteiger partial charge < -0.3 is 4.74 Å². The Balaban J connectivity index is 1.26. The summed E-state index contributed by atoms with van der Waals surface area (Å²) in [7, 11) is 0. The van der Waals surface area contributed by atoms with E-state index in [1.807, 2.05) is 36.4 Å². The van der Waals surface area contributed by atoms with Crippen LogP contribution >= 0.6 is 0 Å². The van der Waals surface area contributed by atoms with Gasteiger partial charge in [0.15, 0.2) is 5.78 Å². The standard InChI is InChI=1S/C27H20FNO4/c28-22-8-6-21(7-9-22)25(30)14-5-19-3-12-24(13-4-19)33-18-17-20-1-10-23(11-2-20)29-26(31)15-16-27(29)32/h1-16H,17-18H2. The van der Waals surface area contributed by atoms with Crippen LogP contribution in [0.3, 0.4) is 0 Å². The van der Waals surface area contributed by atoms with E-state index in [1.165, 1.54) is 42.5 Å². The van der Waals surface area contributed by atoms with Gasteiger partial charge in [-0.25, -0.2) is 9.29 Å². The smallest absolute Gasteiger partial charge is 0.258 e. The quantitative estimate of drug-likeness (QED) is 0.287. The third-order valence-electron chi connectivity index (χ3n) is 5.10. The number of benzene rings is 3. The number of nitrogens with zero attached hydrogens (tertiary/aromatic N) is 1. The molecule has 6 heteroatoms. The lowest BCUT2D eigenvalue weighted by atomic mass is 10.1. The van der Waals surface area contributed by atoms with E-state index in [0.717, 1.165) is 16.0 Å². The number of imide groups is 1. The third-order valence-corrected chi connectivity index (χ3v) is 5.10. The predicted octanol–water partition coefficient (Wildman–Crippen LogP) is 4.77. The van der Waals surface area contributed by atoms with Crippen LogP contribution < -0.4 is 9.64 Å². The molecule has 0 saturated heterocycles. The maximum absolute atomic E-state index is 13.0. The Hall–Kier alpha value is -4.32. The number of amides is 2. The first-order chi connectivity index (χ1) is 16.0. The molecule has 0 unspecified atom stereocenters. The van der Waals surface area contributed by atoms with Crippen molar-refractivity contribution in [3.05, 3.63) is 114 Å². The number of rotatable bonds is 8. The maximum Gasteiger partial charge on any atom is 0.258 e. The van der Waals surface area contributed by atoms with Crippen LogP contribution in [-0.2, 0) is 16.0 Å². The van der Waals surface area contributed by atoms with Gasteiger partial charge in [0.1, 0.15) is 11.6 Å². The summed E-state index contributed by atoms with van der Waals surface area (Å²) in [6.07, 6.45) is 6.33. The molecule has 1 heterocycles. The molecule has 0 saturated carbocycles. The second-order valence-electron chi connectivity index (χ2n) is 7.38. The van der Waals surface area contributed by atoms with E-state index in [-0.39, 0.29) is 23.4 Å². The molecule has 0 aliphatic carbocycles. The summed E-state index contributed by atoms with van der Waals surface area (Å²) in [5.41, 5.74) is 2.83. The first kappa shape index (κ1) is 21.9. The Kier molecular flexibility index (Phi) is 6.55. The van der Waals surface area contributed by atoms with Gasteiger partial charge in [0, 0.05) is 24.1 Å². The molecule has 0 bridgehead atoms. The topological polar surface area (TPSA) is 63.7 Å². The molecule has 164 valence electrons. The monoisotopic (exact) mass is 441 g/mol. The lowest BCUT2D eigenvalue weighted by Gasteiger charge is -2.14. The number of hydrogen-bond donors (Lipinski definition) is 0. The van der Waals surface area contributed by atoms with E-state index < -0.39 is 0 Å². The fraction of sp³-hybridized carbons (Fsp3) is 0.0741. The summed E-state index contributed by atoms with van der Waals surface area (Å²) >= 11 is 0. The number of allylic oxidation sites excluding steroid dienone is 1. The van der Waals surface area contributed by atoms with E-state index >= 15 is 0 Å². The number of halogens is 1. The minimum absolute atomic E-state index is 0.198. The van der Waals surface area contributed by atoms with Gasteiger partial charge in [-0.2, -0.15) is 0 Å². The van der Waals surface area contributed by atoms with E-state index in [9.17, 15) is 18.8 Å². The molecule has 0 fully saturated rings. The first-order valence-corrected chi connectivity index (χ1v) is 10.4. The zero-order valence-corrected chi connectivity index (χ0v) is 17.6. The molecule has 0 atom stereocenters. The Morgan fingerprint density at radius 2 is 1.48 bits per heavy atom. The maximum atomic E-state index is 13.0. The minimum Gasteiger partial charge on any atom is -0.493 e. The Morgan fingerprint density at radius 3 is 2.12 bits per heavy atom. The van der Waals surface area contributed by atoms with Crippen molar-refractivity contribution in [3.8, 4) is 5.75 Å². The highest BCUT2D eigenvalue weighted by Crippen LogP contribution is 2.20. The summed E-state index contributed by atoms with van der Waals surface area (Å²) in [6.45, 7) is 0.459. The average Bonchev–Trinajstić information content (AvgIpc) is 3.17. The molecule has 2 amide bonds. The van der Waals surface area contributed by atoms with Gasteiger partial charge in [-0.15, -0.1) is 0 Å². The summed E-state index contributed by atoms with van der Waals surface area (Å²) < 4.78 is 18.7. The summed E-state index contributed by atoms with van der Waals surface area (Å²) in [4.78, 5) is 36.7. The van der Waals surface area contributed by atoms with Gasteiger partial charge in [0.25, 0.3) is 11.8 Å². The average molecular weight is 441 g/mol. The fourth-order valence-electron chi connectivity index (χ4n) is 3.31. The molecule has 1 aliphatic heterocycles. The molecule has 0 spiro atoms. The SMILES string of the molecule is O=C(C=Cc1ccc(OCCc2ccc(N3C(=O)C=CC3=O)cc2)cc1)c1ccc(F)cc1. The number of hydrogen-bond acceptors (Lipinski definition) is 4. The van der Waals surface area contributed by atoms with Gasteiger partial charge in [-0.1, -0.05) is 30.3 Å². The van der Waals surface area contributed by atoms with E-state index in [0.29, 0.717) is 30.0 Å². The van der Waals surface area contributed by atoms with Crippen molar-refractivity contribution in [1.29, 1.82) is 0 Å². The number of carbonyl (C=O) groups is 3. The number of carbonyl (C=O) groups excluding carboxylic acids is 3. The van der Waals surface area contributed by atoms with E-state index in [1.54, 1.807) is 18.2 Å². The molecule has 33 heavy (non-hydrogen) atoms. The molecule has 0 N–H and O–H groups in total. The summed E-state index contributed by atoms with van der Waals surface area (Å²) in [6, 6.07) is 20.0. The zero-order valence-electron chi connectivity index (χ0n) is 17.6. The van der Waals surface area contributed by atoms with Gasteiger partial charge in [0.2, 0.25) is 0 Å². The molecule has 0 radical (unpaired) electrons. The third kappa shape index (κ3) is 5.49. The van der Waals surface area contributed by atoms with Gasteiger partial charge in [-0.3, -0.25) is 14.4 Å². The van der Waals surface area contributed by atoms with E-state index in [2.05, 4.69) is 0 Å². The lowest BCUT2D eigenvalue weighted by molar-refractivity contribution is -0.119. The second-order valence-corrected chi connectivity index (χ2v) is 7.38. The lowest BCUT2D eigenvalue weighted by Crippen LogP contribution is -2.29. The minimum atomic E-state index is -0.379. The van der Waals surface area contributed by atoms with Crippen LogP contribution in [0, 0.1) is 5.82 Å². The number of anilines is 1. The highest BCUT2D eigenvalue weighted by Gasteiger charge is 2.24. The van der Waals surface area contributed by atoms with Crippen molar-refractivity contribution in [2.45, 2.75) is 6.42 Å². The zero-order chi connectivity index (χ0) is 23.2. The molecular weight excluding hydrogens is 421 g/mol. The highest BCUT2D eigenvalue weighted by atomic mass is 19.1. The molecule has 3 aromatic carbocycles. The van der Waals surface area contributed by atoms with Crippen LogP contribution in [0.25, 0.3) is 6.08 Å². The Morgan fingerprint density at radius 1 is 0.848 bits per heavy atom. The van der Waals surface area contributed by atoms with Crippen molar-refractivity contribution < 1.29 is 23.5 Å². The van der Waals surface area contributed by atoms with Crippen LogP contribution in [0.2, 0.25) is 0 Å².